The zero-order valence-electron chi connectivity index (χ0n) is 13.1. The molecule has 1 fully saturated rings. The molecule has 0 saturated heterocycles. The van der Waals surface area contributed by atoms with Crippen LogP contribution in [0.25, 0.3) is 0 Å². The lowest BCUT2D eigenvalue weighted by atomic mass is 9.81. The van der Waals surface area contributed by atoms with Crippen LogP contribution in [0.5, 0.6) is 0 Å². The van der Waals surface area contributed by atoms with Crippen molar-refractivity contribution in [3.8, 4) is 0 Å². The van der Waals surface area contributed by atoms with Gasteiger partial charge in [-0.1, -0.05) is 44.0 Å². The Morgan fingerprint density at radius 2 is 1.79 bits per heavy atom. The predicted molar refractivity (Wildman–Crippen MR) is 83.4 cm³/mol. The van der Waals surface area contributed by atoms with Crippen molar-refractivity contribution < 1.29 is 0 Å². The molecule has 1 aromatic rings. The average Bonchev–Trinajstić information content (AvgIpc) is 2.44. The van der Waals surface area contributed by atoms with Crippen molar-refractivity contribution in [2.75, 3.05) is 0 Å². The molecule has 0 heterocycles. The van der Waals surface area contributed by atoms with Gasteiger partial charge in [0.25, 0.3) is 0 Å². The summed E-state index contributed by atoms with van der Waals surface area (Å²) >= 11 is 0. The second kappa shape index (κ2) is 5.28. The van der Waals surface area contributed by atoms with Gasteiger partial charge in [-0.2, -0.15) is 0 Å². The molecular formula is C18H29N. The lowest BCUT2D eigenvalue weighted by molar-refractivity contribution is 0.297. The van der Waals surface area contributed by atoms with Gasteiger partial charge in [-0.15, -0.1) is 0 Å². The summed E-state index contributed by atoms with van der Waals surface area (Å²) in [7, 11) is 0. The van der Waals surface area contributed by atoms with Crippen LogP contribution in [0.15, 0.2) is 18.2 Å². The second-order valence-electron chi connectivity index (χ2n) is 7.49. The van der Waals surface area contributed by atoms with E-state index in [1.165, 1.54) is 42.4 Å². The molecule has 0 aliphatic heterocycles. The maximum Gasteiger partial charge on any atom is 0.0195 e. The Bertz CT molecular complexity index is 447. The molecule has 0 spiro atoms. The molecule has 1 heteroatoms. The molecule has 1 saturated carbocycles. The molecule has 0 aromatic heterocycles. The largest absolute Gasteiger partial charge is 0.325 e. The molecule has 0 amide bonds. The van der Waals surface area contributed by atoms with Crippen molar-refractivity contribution in [1.29, 1.82) is 0 Å². The van der Waals surface area contributed by atoms with Crippen LogP contribution in [0.1, 0.15) is 62.6 Å². The molecule has 0 radical (unpaired) electrons. The van der Waals surface area contributed by atoms with E-state index in [2.05, 4.69) is 45.9 Å². The Morgan fingerprint density at radius 3 is 2.53 bits per heavy atom. The highest BCUT2D eigenvalue weighted by atomic mass is 14.7. The lowest BCUT2D eigenvalue weighted by Gasteiger charge is -2.30. The van der Waals surface area contributed by atoms with Gasteiger partial charge in [0.1, 0.15) is 0 Å². The zero-order chi connectivity index (χ0) is 14.1. The summed E-state index contributed by atoms with van der Waals surface area (Å²) < 4.78 is 0. The van der Waals surface area contributed by atoms with E-state index in [0.29, 0.717) is 5.41 Å². The maximum absolute atomic E-state index is 6.73. The van der Waals surface area contributed by atoms with Crippen molar-refractivity contribution in [2.45, 2.75) is 71.8 Å². The highest BCUT2D eigenvalue weighted by Gasteiger charge is 2.32. The molecule has 0 bridgehead atoms. The van der Waals surface area contributed by atoms with E-state index in [1.807, 2.05) is 0 Å². The average molecular weight is 259 g/mol. The summed E-state index contributed by atoms with van der Waals surface area (Å²) in [5, 5.41) is 0. The van der Waals surface area contributed by atoms with E-state index in [9.17, 15) is 0 Å². The van der Waals surface area contributed by atoms with E-state index in [0.717, 1.165) is 12.8 Å². The number of nitrogens with two attached hydrogens (primary N) is 1. The first kappa shape index (κ1) is 14.6. The molecule has 1 nitrogen and oxygen atoms in total. The molecule has 2 rings (SSSR count). The van der Waals surface area contributed by atoms with Crippen LogP contribution in [0.3, 0.4) is 0 Å². The normalized spacial score (nSPS) is 27.0. The van der Waals surface area contributed by atoms with Gasteiger partial charge in [-0.3, -0.25) is 0 Å². The minimum Gasteiger partial charge on any atom is -0.325 e. The second-order valence-corrected chi connectivity index (χ2v) is 7.49. The van der Waals surface area contributed by atoms with Gasteiger partial charge < -0.3 is 5.73 Å². The van der Waals surface area contributed by atoms with Crippen LogP contribution in [0.4, 0.5) is 0 Å². The van der Waals surface area contributed by atoms with Crippen LogP contribution >= 0.6 is 0 Å². The van der Waals surface area contributed by atoms with E-state index in [-0.39, 0.29) is 5.54 Å². The fourth-order valence-electron chi connectivity index (χ4n) is 3.30. The number of aryl methyl sites for hydroxylation is 2. The van der Waals surface area contributed by atoms with Crippen LogP contribution in [-0.4, -0.2) is 5.54 Å². The highest BCUT2D eigenvalue weighted by molar-refractivity contribution is 5.32. The Kier molecular flexibility index (Phi) is 4.06. The minimum atomic E-state index is 0.00627. The Hall–Kier alpha value is -0.820. The molecule has 1 unspecified atom stereocenters. The van der Waals surface area contributed by atoms with Crippen molar-refractivity contribution in [3.63, 3.8) is 0 Å². The van der Waals surface area contributed by atoms with Gasteiger partial charge >= 0.3 is 0 Å². The quantitative estimate of drug-likeness (QED) is 0.776. The van der Waals surface area contributed by atoms with E-state index in [1.54, 1.807) is 0 Å². The van der Waals surface area contributed by atoms with Gasteiger partial charge in [0.15, 0.2) is 0 Å². The predicted octanol–water partition coefficient (Wildman–Crippen LogP) is 4.53. The first-order chi connectivity index (χ1) is 8.80. The topological polar surface area (TPSA) is 26.0 Å². The fraction of sp³-hybridized carbons (Fsp3) is 0.667. The van der Waals surface area contributed by atoms with Crippen LogP contribution in [-0.2, 0) is 6.42 Å². The molecule has 1 aliphatic rings. The zero-order valence-corrected chi connectivity index (χ0v) is 13.1. The standard InChI is InChI=1S/C18H29N/c1-14-6-7-15(2)16(12-14)13-18(19)9-5-8-17(3,4)10-11-18/h6-7,12H,5,8-11,13,19H2,1-4H3. The summed E-state index contributed by atoms with van der Waals surface area (Å²) in [5.41, 5.74) is 11.4. The molecule has 19 heavy (non-hydrogen) atoms. The maximum atomic E-state index is 6.73. The molecule has 1 aromatic carbocycles. The SMILES string of the molecule is Cc1ccc(C)c(CC2(N)CCCC(C)(C)CC2)c1. The van der Waals surface area contributed by atoms with E-state index < -0.39 is 0 Å². The van der Waals surface area contributed by atoms with Gasteiger partial charge in [0.2, 0.25) is 0 Å². The fourth-order valence-corrected chi connectivity index (χ4v) is 3.30. The third kappa shape index (κ3) is 3.82. The van der Waals surface area contributed by atoms with Crippen LogP contribution < -0.4 is 5.73 Å². The van der Waals surface area contributed by atoms with Crippen molar-refractivity contribution in [2.24, 2.45) is 11.1 Å². The van der Waals surface area contributed by atoms with Gasteiger partial charge in [-0.25, -0.2) is 0 Å². The Labute approximate surface area is 118 Å². The molecule has 1 aliphatic carbocycles. The summed E-state index contributed by atoms with van der Waals surface area (Å²) in [6.45, 7) is 9.15. The van der Waals surface area contributed by atoms with Crippen LogP contribution in [0, 0.1) is 19.3 Å². The van der Waals surface area contributed by atoms with Gasteiger partial charge in [-0.05, 0) is 62.5 Å². The smallest absolute Gasteiger partial charge is 0.0195 e. The Morgan fingerprint density at radius 1 is 1.05 bits per heavy atom. The van der Waals surface area contributed by atoms with Crippen molar-refractivity contribution in [1.82, 2.24) is 0 Å². The summed E-state index contributed by atoms with van der Waals surface area (Å²) in [4.78, 5) is 0. The first-order valence-electron chi connectivity index (χ1n) is 7.65. The third-order valence-corrected chi connectivity index (χ3v) is 4.88. The number of benzene rings is 1. The molecule has 1 atom stereocenters. The molecule has 2 N–H and O–H groups in total. The minimum absolute atomic E-state index is 0.00627. The summed E-state index contributed by atoms with van der Waals surface area (Å²) in [6, 6.07) is 6.74. The van der Waals surface area contributed by atoms with Gasteiger partial charge in [0.05, 0.1) is 0 Å². The van der Waals surface area contributed by atoms with E-state index in [4.69, 9.17) is 5.73 Å². The summed E-state index contributed by atoms with van der Waals surface area (Å²) in [5.74, 6) is 0. The Balaban J connectivity index is 2.14. The number of hydrogen-bond acceptors (Lipinski definition) is 1. The lowest BCUT2D eigenvalue weighted by Crippen LogP contribution is -2.41. The van der Waals surface area contributed by atoms with Gasteiger partial charge in [0, 0.05) is 5.54 Å². The van der Waals surface area contributed by atoms with Crippen molar-refractivity contribution >= 4 is 0 Å². The molecule has 106 valence electrons. The molecular weight excluding hydrogens is 230 g/mol. The monoisotopic (exact) mass is 259 g/mol. The van der Waals surface area contributed by atoms with Crippen LogP contribution in [0.2, 0.25) is 0 Å². The third-order valence-electron chi connectivity index (χ3n) is 4.88. The summed E-state index contributed by atoms with van der Waals surface area (Å²) in [6.07, 6.45) is 7.22. The highest BCUT2D eigenvalue weighted by Crippen LogP contribution is 2.38. The van der Waals surface area contributed by atoms with Crippen molar-refractivity contribution in [3.05, 3.63) is 34.9 Å². The number of rotatable bonds is 2. The van der Waals surface area contributed by atoms with E-state index >= 15 is 0 Å². The first-order valence-corrected chi connectivity index (χ1v) is 7.65. The number of hydrogen-bond donors (Lipinski definition) is 1.